The van der Waals surface area contributed by atoms with Crippen molar-refractivity contribution in [2.75, 3.05) is 19.6 Å². The maximum Gasteiger partial charge on any atom is 0.255 e. The van der Waals surface area contributed by atoms with Gasteiger partial charge in [-0.2, -0.15) is 0 Å². The monoisotopic (exact) mass is 368 g/mol. The van der Waals surface area contributed by atoms with Crippen molar-refractivity contribution in [1.29, 1.82) is 0 Å². The second kappa shape index (κ2) is 7.23. The minimum absolute atomic E-state index is 0.0839. The summed E-state index contributed by atoms with van der Waals surface area (Å²) in [5.74, 6) is 0.583. The fourth-order valence-electron chi connectivity index (χ4n) is 4.10. The maximum atomic E-state index is 13.0. The summed E-state index contributed by atoms with van der Waals surface area (Å²) in [6, 6.07) is 11.6. The topological polar surface area (TPSA) is 40.6 Å². The van der Waals surface area contributed by atoms with Gasteiger partial charge >= 0.3 is 0 Å². The van der Waals surface area contributed by atoms with Gasteiger partial charge in [0, 0.05) is 41.5 Å². The van der Waals surface area contributed by atoms with Crippen LogP contribution in [0.15, 0.2) is 41.8 Å². The van der Waals surface area contributed by atoms with E-state index in [1.165, 1.54) is 4.88 Å². The number of carbonyl (C=O) groups excluding carboxylic acids is 2. The van der Waals surface area contributed by atoms with E-state index in [1.54, 1.807) is 11.3 Å². The lowest BCUT2D eigenvalue weighted by Crippen LogP contribution is -2.47. The lowest BCUT2D eigenvalue weighted by Gasteiger charge is -2.35. The molecule has 4 heterocycles. The Kier molecular flexibility index (Phi) is 4.81. The van der Waals surface area contributed by atoms with Gasteiger partial charge in [-0.15, -0.1) is 11.3 Å². The number of hydrogen-bond donors (Lipinski definition) is 0. The molecule has 3 aliphatic rings. The number of hydrogen-bond acceptors (Lipinski definition) is 3. The smallest absolute Gasteiger partial charge is 0.255 e. The second-order valence-electron chi connectivity index (χ2n) is 7.29. The van der Waals surface area contributed by atoms with E-state index >= 15 is 0 Å². The highest BCUT2D eigenvalue weighted by molar-refractivity contribution is 7.10. The van der Waals surface area contributed by atoms with Gasteiger partial charge in [0.05, 0.1) is 5.56 Å². The molecule has 26 heavy (non-hydrogen) atoms. The quantitative estimate of drug-likeness (QED) is 0.829. The molecule has 136 valence electrons. The van der Waals surface area contributed by atoms with E-state index in [0.29, 0.717) is 12.5 Å². The average molecular weight is 369 g/mol. The molecule has 2 aromatic rings. The van der Waals surface area contributed by atoms with Gasteiger partial charge in [0.25, 0.3) is 11.8 Å². The molecule has 0 aliphatic carbocycles. The van der Waals surface area contributed by atoms with Crippen LogP contribution in [0.1, 0.15) is 45.4 Å². The van der Waals surface area contributed by atoms with Crippen LogP contribution in [0, 0.1) is 5.92 Å². The van der Waals surface area contributed by atoms with Crippen LogP contribution in [0.4, 0.5) is 0 Å². The van der Waals surface area contributed by atoms with Crippen LogP contribution in [0.2, 0.25) is 0 Å². The molecular weight excluding hydrogens is 344 g/mol. The Morgan fingerprint density at radius 3 is 2.58 bits per heavy atom. The van der Waals surface area contributed by atoms with Gasteiger partial charge in [-0.1, -0.05) is 25.1 Å². The van der Waals surface area contributed by atoms with Crippen molar-refractivity contribution in [2.24, 2.45) is 5.92 Å². The first-order valence-corrected chi connectivity index (χ1v) is 10.3. The first-order chi connectivity index (χ1) is 12.7. The largest absolute Gasteiger partial charge is 0.336 e. The summed E-state index contributed by atoms with van der Waals surface area (Å²) in [7, 11) is 0. The summed E-state index contributed by atoms with van der Waals surface area (Å²) in [5, 5.41) is 1.98. The van der Waals surface area contributed by atoms with Crippen molar-refractivity contribution in [3.63, 3.8) is 0 Å². The van der Waals surface area contributed by atoms with Crippen LogP contribution >= 0.6 is 11.3 Å². The number of fused-ring (bicyclic) bond motifs is 4. The molecule has 3 saturated heterocycles. The molecular formula is C21H24N2O2S. The van der Waals surface area contributed by atoms with Crippen molar-refractivity contribution < 1.29 is 9.59 Å². The molecule has 5 heteroatoms. The first kappa shape index (κ1) is 17.3. The van der Waals surface area contributed by atoms with Gasteiger partial charge in [0.1, 0.15) is 0 Å². The summed E-state index contributed by atoms with van der Waals surface area (Å²) in [6.45, 7) is 4.26. The predicted molar refractivity (Wildman–Crippen MR) is 104 cm³/mol. The van der Waals surface area contributed by atoms with Crippen molar-refractivity contribution in [3.05, 3.63) is 57.8 Å². The number of aryl methyl sites for hydroxylation is 1. The Hall–Kier alpha value is -2.14. The van der Waals surface area contributed by atoms with Crippen LogP contribution in [-0.4, -0.2) is 47.3 Å². The zero-order valence-corrected chi connectivity index (χ0v) is 15.9. The SMILES string of the molecule is CCc1cc(C(=O)N2C[C@H]3CC[C@@H]2CN(C(=O)c2ccccc2)C3)cs1. The molecule has 0 saturated carbocycles. The Morgan fingerprint density at radius 1 is 1.04 bits per heavy atom. The van der Waals surface area contributed by atoms with E-state index < -0.39 is 0 Å². The molecule has 1 aromatic carbocycles. The van der Waals surface area contributed by atoms with Crippen LogP contribution in [0.25, 0.3) is 0 Å². The van der Waals surface area contributed by atoms with Crippen molar-refractivity contribution in [2.45, 2.75) is 32.2 Å². The lowest BCUT2D eigenvalue weighted by atomic mass is 9.94. The maximum absolute atomic E-state index is 13.0. The van der Waals surface area contributed by atoms with Crippen LogP contribution in [0.3, 0.4) is 0 Å². The van der Waals surface area contributed by atoms with Gasteiger partial charge in [0.15, 0.2) is 0 Å². The summed E-state index contributed by atoms with van der Waals surface area (Å²) in [5.41, 5.74) is 1.54. The summed E-state index contributed by atoms with van der Waals surface area (Å²) in [6.07, 6.45) is 3.04. The number of carbonyl (C=O) groups is 2. The van der Waals surface area contributed by atoms with Gasteiger partial charge in [0.2, 0.25) is 0 Å². The molecule has 3 fully saturated rings. The van der Waals surface area contributed by atoms with Crippen LogP contribution < -0.4 is 0 Å². The molecule has 5 rings (SSSR count). The number of amides is 2. The third-order valence-electron chi connectivity index (χ3n) is 5.53. The standard InChI is InChI=1S/C21H24N2O2S/c1-2-19-10-17(14-26-19)21(25)23-12-15-8-9-18(23)13-22(11-15)20(24)16-6-4-3-5-7-16/h3-7,10,14-15,18H,2,8-9,11-13H2,1H3/t15-,18+/m0/s1. The zero-order chi connectivity index (χ0) is 18.1. The van der Waals surface area contributed by atoms with Gasteiger partial charge in [-0.05, 0) is 43.4 Å². The number of thiophene rings is 1. The molecule has 3 aliphatic heterocycles. The average Bonchev–Trinajstić information content (AvgIpc) is 2.98. The third kappa shape index (κ3) is 3.28. The number of piperidine rings is 1. The van der Waals surface area contributed by atoms with E-state index in [2.05, 4.69) is 6.92 Å². The highest BCUT2D eigenvalue weighted by Crippen LogP contribution is 2.30. The minimum atomic E-state index is 0.0839. The summed E-state index contributed by atoms with van der Waals surface area (Å²) >= 11 is 1.66. The Balaban J connectivity index is 1.53. The molecule has 2 atom stereocenters. The van der Waals surface area contributed by atoms with E-state index in [0.717, 1.165) is 43.5 Å². The molecule has 0 spiro atoms. The Bertz CT molecular complexity index is 801. The number of benzene rings is 1. The lowest BCUT2D eigenvalue weighted by molar-refractivity contribution is 0.0575. The van der Waals surface area contributed by atoms with Crippen molar-refractivity contribution in [3.8, 4) is 0 Å². The fraction of sp³-hybridized carbons (Fsp3) is 0.429. The van der Waals surface area contributed by atoms with Crippen LogP contribution in [-0.2, 0) is 6.42 Å². The normalized spacial score (nSPS) is 22.3. The summed E-state index contributed by atoms with van der Waals surface area (Å²) in [4.78, 5) is 31.2. The molecule has 0 unspecified atom stereocenters. The zero-order valence-electron chi connectivity index (χ0n) is 15.1. The van der Waals surface area contributed by atoms with E-state index in [-0.39, 0.29) is 17.9 Å². The molecule has 2 bridgehead atoms. The first-order valence-electron chi connectivity index (χ1n) is 9.38. The van der Waals surface area contributed by atoms with Gasteiger partial charge < -0.3 is 9.80 Å². The number of rotatable bonds is 3. The van der Waals surface area contributed by atoms with E-state index in [1.807, 2.05) is 51.6 Å². The molecule has 0 radical (unpaired) electrons. The van der Waals surface area contributed by atoms with Gasteiger partial charge in [-0.25, -0.2) is 0 Å². The third-order valence-corrected chi connectivity index (χ3v) is 6.61. The van der Waals surface area contributed by atoms with Crippen LogP contribution in [0.5, 0.6) is 0 Å². The molecule has 2 amide bonds. The predicted octanol–water partition coefficient (Wildman–Crippen LogP) is 3.69. The van der Waals surface area contributed by atoms with Crippen molar-refractivity contribution in [1.82, 2.24) is 9.80 Å². The minimum Gasteiger partial charge on any atom is -0.336 e. The molecule has 1 aromatic heterocycles. The second-order valence-corrected chi connectivity index (χ2v) is 8.28. The van der Waals surface area contributed by atoms with E-state index in [4.69, 9.17) is 0 Å². The fourth-order valence-corrected chi connectivity index (χ4v) is 4.91. The number of nitrogens with zero attached hydrogens (tertiary/aromatic N) is 2. The Labute approximate surface area is 158 Å². The molecule has 4 nitrogen and oxygen atoms in total. The van der Waals surface area contributed by atoms with Crippen molar-refractivity contribution >= 4 is 23.2 Å². The molecule has 0 N–H and O–H groups in total. The Morgan fingerprint density at radius 2 is 1.85 bits per heavy atom. The highest BCUT2D eigenvalue weighted by atomic mass is 32.1. The van der Waals surface area contributed by atoms with E-state index in [9.17, 15) is 9.59 Å². The highest BCUT2D eigenvalue weighted by Gasteiger charge is 2.39. The summed E-state index contributed by atoms with van der Waals surface area (Å²) < 4.78 is 0. The van der Waals surface area contributed by atoms with Gasteiger partial charge in [-0.3, -0.25) is 9.59 Å².